The SMILES string of the molecule is OCC(O)CSCc1ccc(Br)cc1F. The second-order valence-electron chi connectivity index (χ2n) is 3.09. The van der Waals surface area contributed by atoms with Gasteiger partial charge in [-0.25, -0.2) is 4.39 Å². The van der Waals surface area contributed by atoms with Gasteiger partial charge < -0.3 is 10.2 Å². The molecule has 5 heteroatoms. The van der Waals surface area contributed by atoms with E-state index in [0.29, 0.717) is 21.5 Å². The first-order valence-corrected chi connectivity index (χ1v) is 6.39. The van der Waals surface area contributed by atoms with Crippen LogP contribution in [0.2, 0.25) is 0 Å². The quantitative estimate of drug-likeness (QED) is 0.874. The lowest BCUT2D eigenvalue weighted by molar-refractivity contribution is 0.113. The highest BCUT2D eigenvalue weighted by molar-refractivity contribution is 9.10. The number of aliphatic hydroxyl groups is 2. The summed E-state index contributed by atoms with van der Waals surface area (Å²) in [7, 11) is 0. The molecule has 0 aliphatic heterocycles. The van der Waals surface area contributed by atoms with Crippen molar-refractivity contribution in [1.82, 2.24) is 0 Å². The van der Waals surface area contributed by atoms with E-state index < -0.39 is 6.10 Å². The van der Waals surface area contributed by atoms with Crippen LogP contribution in [0.3, 0.4) is 0 Å². The lowest BCUT2D eigenvalue weighted by atomic mass is 10.2. The summed E-state index contributed by atoms with van der Waals surface area (Å²) in [5.41, 5.74) is 0.605. The van der Waals surface area contributed by atoms with Crippen molar-refractivity contribution in [2.24, 2.45) is 0 Å². The molecule has 0 aliphatic carbocycles. The molecule has 1 unspecified atom stereocenters. The molecule has 2 nitrogen and oxygen atoms in total. The molecule has 1 atom stereocenters. The minimum atomic E-state index is -0.728. The normalized spacial score (nSPS) is 12.8. The van der Waals surface area contributed by atoms with Crippen LogP contribution in [0.25, 0.3) is 0 Å². The molecular weight excluding hydrogens is 283 g/mol. The highest BCUT2D eigenvalue weighted by atomic mass is 79.9. The van der Waals surface area contributed by atoms with Gasteiger partial charge in [0.2, 0.25) is 0 Å². The molecule has 0 saturated carbocycles. The van der Waals surface area contributed by atoms with Gasteiger partial charge in [-0.05, 0) is 17.7 Å². The van der Waals surface area contributed by atoms with Gasteiger partial charge in [-0.3, -0.25) is 0 Å². The van der Waals surface area contributed by atoms with Gasteiger partial charge in [0.05, 0.1) is 12.7 Å². The fourth-order valence-electron chi connectivity index (χ4n) is 0.996. The van der Waals surface area contributed by atoms with E-state index in [1.54, 1.807) is 12.1 Å². The van der Waals surface area contributed by atoms with Crippen molar-refractivity contribution in [1.29, 1.82) is 0 Å². The Morgan fingerprint density at radius 3 is 2.80 bits per heavy atom. The zero-order valence-electron chi connectivity index (χ0n) is 7.99. The summed E-state index contributed by atoms with van der Waals surface area (Å²) in [4.78, 5) is 0. The van der Waals surface area contributed by atoms with Crippen LogP contribution < -0.4 is 0 Å². The summed E-state index contributed by atoms with van der Waals surface area (Å²) in [6, 6.07) is 4.90. The maximum atomic E-state index is 13.3. The van der Waals surface area contributed by atoms with E-state index in [0.717, 1.165) is 0 Å². The van der Waals surface area contributed by atoms with Crippen LogP contribution in [0.1, 0.15) is 5.56 Å². The van der Waals surface area contributed by atoms with Crippen molar-refractivity contribution in [3.8, 4) is 0 Å². The van der Waals surface area contributed by atoms with E-state index in [4.69, 9.17) is 10.2 Å². The number of halogens is 2. The third-order valence-corrected chi connectivity index (χ3v) is 3.42. The van der Waals surface area contributed by atoms with Crippen LogP contribution in [0.4, 0.5) is 4.39 Å². The Morgan fingerprint density at radius 1 is 1.47 bits per heavy atom. The third kappa shape index (κ3) is 4.51. The van der Waals surface area contributed by atoms with Gasteiger partial charge >= 0.3 is 0 Å². The topological polar surface area (TPSA) is 40.5 Å². The number of hydrogen-bond donors (Lipinski definition) is 2. The van der Waals surface area contributed by atoms with Gasteiger partial charge in [0, 0.05) is 16.0 Å². The van der Waals surface area contributed by atoms with Crippen LogP contribution in [-0.2, 0) is 5.75 Å². The molecule has 0 aliphatic rings. The standard InChI is InChI=1S/C10H12BrFO2S/c11-8-2-1-7(10(12)3-8)5-15-6-9(14)4-13/h1-3,9,13-14H,4-6H2. The zero-order valence-corrected chi connectivity index (χ0v) is 10.4. The van der Waals surface area contributed by atoms with Crippen LogP contribution >= 0.6 is 27.7 Å². The first kappa shape index (κ1) is 13.0. The first-order chi connectivity index (χ1) is 7.13. The fourth-order valence-corrected chi connectivity index (χ4v) is 2.28. The smallest absolute Gasteiger partial charge is 0.128 e. The minimum absolute atomic E-state index is 0.254. The molecule has 0 spiro atoms. The number of thioether (sulfide) groups is 1. The second-order valence-corrected chi connectivity index (χ2v) is 5.03. The Bertz CT molecular complexity index is 322. The molecule has 2 N–H and O–H groups in total. The monoisotopic (exact) mass is 294 g/mol. The van der Waals surface area contributed by atoms with Crippen LogP contribution in [0.15, 0.2) is 22.7 Å². The van der Waals surface area contributed by atoms with Crippen molar-refractivity contribution in [3.63, 3.8) is 0 Å². The number of rotatable bonds is 5. The molecule has 84 valence electrons. The zero-order chi connectivity index (χ0) is 11.3. The Kier molecular flexibility index (Phi) is 5.60. The summed E-state index contributed by atoms with van der Waals surface area (Å²) in [5, 5.41) is 17.7. The van der Waals surface area contributed by atoms with Gasteiger partial charge in [0.1, 0.15) is 5.82 Å². The third-order valence-electron chi connectivity index (χ3n) is 1.79. The van der Waals surface area contributed by atoms with Crippen molar-refractivity contribution in [2.75, 3.05) is 12.4 Å². The summed E-state index contributed by atoms with van der Waals surface area (Å²) >= 11 is 4.57. The molecule has 15 heavy (non-hydrogen) atoms. The van der Waals surface area contributed by atoms with Gasteiger partial charge in [0.25, 0.3) is 0 Å². The molecule has 0 saturated heterocycles. The van der Waals surface area contributed by atoms with E-state index >= 15 is 0 Å². The Hall–Kier alpha value is -0.100. The highest BCUT2D eigenvalue weighted by Crippen LogP contribution is 2.20. The molecule has 0 amide bonds. The second kappa shape index (κ2) is 6.48. The average Bonchev–Trinajstić information content (AvgIpc) is 2.21. The Balaban J connectivity index is 2.44. The summed E-state index contributed by atoms with van der Waals surface area (Å²) in [6.07, 6.45) is -0.728. The lowest BCUT2D eigenvalue weighted by Crippen LogP contribution is -2.14. The highest BCUT2D eigenvalue weighted by Gasteiger charge is 2.05. The van der Waals surface area contributed by atoms with E-state index in [-0.39, 0.29) is 12.4 Å². The minimum Gasteiger partial charge on any atom is -0.394 e. The fraction of sp³-hybridized carbons (Fsp3) is 0.400. The van der Waals surface area contributed by atoms with E-state index in [1.807, 2.05) is 0 Å². The number of hydrogen-bond acceptors (Lipinski definition) is 3. The summed E-state index contributed by atoms with van der Waals surface area (Å²) < 4.78 is 14.0. The average molecular weight is 295 g/mol. The molecule has 0 heterocycles. The Labute approximate surface area is 101 Å². The van der Waals surface area contributed by atoms with Crippen molar-refractivity contribution < 1.29 is 14.6 Å². The maximum absolute atomic E-state index is 13.3. The Morgan fingerprint density at radius 2 is 2.20 bits per heavy atom. The number of benzene rings is 1. The lowest BCUT2D eigenvalue weighted by Gasteiger charge is -2.07. The molecule has 1 rings (SSSR count). The predicted octanol–water partition coefficient (Wildman–Crippen LogP) is 2.17. The van der Waals surface area contributed by atoms with Crippen LogP contribution in [0, 0.1) is 5.82 Å². The van der Waals surface area contributed by atoms with Gasteiger partial charge in [-0.2, -0.15) is 11.8 Å². The molecular formula is C10H12BrFO2S. The van der Waals surface area contributed by atoms with Gasteiger partial charge in [0.15, 0.2) is 0 Å². The molecule has 0 bridgehead atoms. The van der Waals surface area contributed by atoms with Crippen LogP contribution in [-0.4, -0.2) is 28.7 Å². The molecule has 1 aromatic carbocycles. The van der Waals surface area contributed by atoms with Crippen molar-refractivity contribution >= 4 is 27.7 Å². The van der Waals surface area contributed by atoms with E-state index in [9.17, 15) is 4.39 Å². The van der Waals surface area contributed by atoms with Gasteiger partial charge in [-0.1, -0.05) is 22.0 Å². The van der Waals surface area contributed by atoms with E-state index in [1.165, 1.54) is 17.8 Å². The first-order valence-electron chi connectivity index (χ1n) is 4.44. The van der Waals surface area contributed by atoms with Gasteiger partial charge in [-0.15, -0.1) is 0 Å². The van der Waals surface area contributed by atoms with E-state index in [2.05, 4.69) is 15.9 Å². The molecule has 0 radical (unpaired) electrons. The van der Waals surface area contributed by atoms with Crippen molar-refractivity contribution in [3.05, 3.63) is 34.1 Å². The summed E-state index contributed by atoms with van der Waals surface area (Å²) in [5.74, 6) is 0.651. The summed E-state index contributed by atoms with van der Waals surface area (Å²) in [6.45, 7) is -0.254. The number of aliphatic hydroxyl groups excluding tert-OH is 2. The molecule has 0 aromatic heterocycles. The predicted molar refractivity (Wildman–Crippen MR) is 63.4 cm³/mol. The molecule has 0 fully saturated rings. The van der Waals surface area contributed by atoms with Crippen LogP contribution in [0.5, 0.6) is 0 Å². The van der Waals surface area contributed by atoms with Crippen molar-refractivity contribution in [2.45, 2.75) is 11.9 Å². The maximum Gasteiger partial charge on any atom is 0.128 e. The largest absolute Gasteiger partial charge is 0.394 e. The molecule has 1 aromatic rings.